The number of aliphatic hydroxyl groups excluding tert-OH is 1. The summed E-state index contributed by atoms with van der Waals surface area (Å²) in [5, 5.41) is 12.7. The summed E-state index contributed by atoms with van der Waals surface area (Å²) in [6.07, 6.45) is -0.223. The van der Waals surface area contributed by atoms with Crippen LogP contribution in [-0.4, -0.2) is 38.4 Å². The van der Waals surface area contributed by atoms with Crippen LogP contribution in [-0.2, 0) is 9.84 Å². The van der Waals surface area contributed by atoms with E-state index in [4.69, 9.17) is 0 Å². The molecule has 0 aromatic heterocycles. The van der Waals surface area contributed by atoms with Gasteiger partial charge in [0.05, 0.1) is 10.9 Å². The van der Waals surface area contributed by atoms with E-state index in [-0.39, 0.29) is 4.90 Å². The summed E-state index contributed by atoms with van der Waals surface area (Å²) in [4.78, 5) is 12.2. The predicted molar refractivity (Wildman–Crippen MR) is 88.2 cm³/mol. The van der Waals surface area contributed by atoms with E-state index in [0.29, 0.717) is 11.1 Å². The average molecular weight is 351 g/mol. The molecule has 0 aliphatic carbocycles. The van der Waals surface area contributed by atoms with Crippen molar-refractivity contribution in [1.29, 1.82) is 0 Å². The van der Waals surface area contributed by atoms with Crippen molar-refractivity contribution >= 4 is 15.7 Å². The van der Waals surface area contributed by atoms with E-state index >= 15 is 0 Å². The van der Waals surface area contributed by atoms with E-state index in [2.05, 4.69) is 5.32 Å². The highest BCUT2D eigenvalue weighted by Crippen LogP contribution is 2.20. The number of alkyl halides is 1. The number of aliphatic hydroxyl groups is 1. The van der Waals surface area contributed by atoms with Crippen molar-refractivity contribution in [2.45, 2.75) is 17.0 Å². The second kappa shape index (κ2) is 7.55. The van der Waals surface area contributed by atoms with Gasteiger partial charge >= 0.3 is 0 Å². The zero-order valence-corrected chi connectivity index (χ0v) is 13.8. The smallest absolute Gasteiger partial charge is 0.251 e. The lowest BCUT2D eigenvalue weighted by Crippen LogP contribution is -2.41. The molecule has 0 aliphatic rings. The van der Waals surface area contributed by atoms with Gasteiger partial charge in [-0.1, -0.05) is 30.3 Å². The van der Waals surface area contributed by atoms with Crippen molar-refractivity contribution in [3.05, 3.63) is 65.7 Å². The molecule has 7 heteroatoms. The van der Waals surface area contributed by atoms with Gasteiger partial charge in [0.1, 0.15) is 12.8 Å². The summed E-state index contributed by atoms with van der Waals surface area (Å²) in [5.41, 5.74) is 0.675. The SMILES string of the molecule is CS(=O)(=O)c1ccc([C@H](O)[C@@H](CF)NC(=O)c2ccccc2)cc1. The van der Waals surface area contributed by atoms with Gasteiger partial charge in [0.25, 0.3) is 5.91 Å². The van der Waals surface area contributed by atoms with Crippen LogP contribution in [0, 0.1) is 0 Å². The molecule has 2 rings (SSSR count). The van der Waals surface area contributed by atoms with Crippen LogP contribution < -0.4 is 5.32 Å². The molecule has 2 aromatic rings. The van der Waals surface area contributed by atoms with E-state index in [9.17, 15) is 22.7 Å². The van der Waals surface area contributed by atoms with Crippen molar-refractivity contribution in [2.75, 3.05) is 12.9 Å². The van der Waals surface area contributed by atoms with Crippen LogP contribution in [0.25, 0.3) is 0 Å². The maximum Gasteiger partial charge on any atom is 0.251 e. The molecule has 2 N–H and O–H groups in total. The van der Waals surface area contributed by atoms with E-state index in [1.54, 1.807) is 30.3 Å². The summed E-state index contributed by atoms with van der Waals surface area (Å²) in [6, 6.07) is 12.6. The molecule has 0 heterocycles. The fourth-order valence-electron chi connectivity index (χ4n) is 2.19. The number of sulfone groups is 1. The Balaban J connectivity index is 2.14. The van der Waals surface area contributed by atoms with Gasteiger partial charge in [0.15, 0.2) is 9.84 Å². The quantitative estimate of drug-likeness (QED) is 0.832. The zero-order chi connectivity index (χ0) is 17.7. The van der Waals surface area contributed by atoms with E-state index < -0.39 is 34.6 Å². The van der Waals surface area contributed by atoms with Crippen LogP contribution in [0.15, 0.2) is 59.5 Å². The highest BCUT2D eigenvalue weighted by atomic mass is 32.2. The van der Waals surface area contributed by atoms with Gasteiger partial charge in [-0.05, 0) is 29.8 Å². The summed E-state index contributed by atoms with van der Waals surface area (Å²) >= 11 is 0. The zero-order valence-electron chi connectivity index (χ0n) is 13.0. The summed E-state index contributed by atoms with van der Waals surface area (Å²) in [7, 11) is -3.35. The Kier molecular flexibility index (Phi) is 5.69. The summed E-state index contributed by atoms with van der Waals surface area (Å²) in [5.74, 6) is -0.495. The summed E-state index contributed by atoms with van der Waals surface area (Å²) in [6.45, 7) is -0.965. The molecule has 5 nitrogen and oxygen atoms in total. The van der Waals surface area contributed by atoms with Gasteiger partial charge in [0, 0.05) is 11.8 Å². The van der Waals surface area contributed by atoms with E-state index in [1.165, 1.54) is 24.3 Å². The molecule has 0 saturated heterocycles. The van der Waals surface area contributed by atoms with Crippen molar-refractivity contribution in [3.63, 3.8) is 0 Å². The maximum atomic E-state index is 13.3. The molecule has 0 aliphatic heterocycles. The van der Waals surface area contributed by atoms with Gasteiger partial charge < -0.3 is 10.4 Å². The molecule has 0 spiro atoms. The first-order valence-corrected chi connectivity index (χ1v) is 9.12. The van der Waals surface area contributed by atoms with E-state index in [0.717, 1.165) is 6.26 Å². The highest BCUT2D eigenvalue weighted by molar-refractivity contribution is 7.90. The molecular formula is C17H18FNO4S. The Morgan fingerprint density at radius 1 is 1.12 bits per heavy atom. The van der Waals surface area contributed by atoms with Gasteiger partial charge in [0.2, 0.25) is 0 Å². The van der Waals surface area contributed by atoms with Gasteiger partial charge in [-0.25, -0.2) is 12.8 Å². The van der Waals surface area contributed by atoms with Crippen molar-refractivity contribution in [3.8, 4) is 0 Å². The molecule has 2 atom stereocenters. The van der Waals surface area contributed by atoms with Gasteiger partial charge in [-0.3, -0.25) is 4.79 Å². The summed E-state index contributed by atoms with van der Waals surface area (Å²) < 4.78 is 36.1. The van der Waals surface area contributed by atoms with Crippen LogP contribution in [0.4, 0.5) is 4.39 Å². The molecule has 24 heavy (non-hydrogen) atoms. The Morgan fingerprint density at radius 2 is 1.71 bits per heavy atom. The molecule has 0 bridgehead atoms. The molecule has 0 radical (unpaired) electrons. The van der Waals surface area contributed by atoms with Crippen molar-refractivity contribution in [2.24, 2.45) is 0 Å². The molecule has 0 fully saturated rings. The highest BCUT2D eigenvalue weighted by Gasteiger charge is 2.23. The number of hydrogen-bond acceptors (Lipinski definition) is 4. The molecule has 2 aromatic carbocycles. The number of carbonyl (C=O) groups excluding carboxylic acids is 1. The minimum absolute atomic E-state index is 0.101. The van der Waals surface area contributed by atoms with Crippen molar-refractivity contribution < 1.29 is 22.7 Å². The maximum absolute atomic E-state index is 13.3. The monoisotopic (exact) mass is 351 g/mol. The first-order valence-electron chi connectivity index (χ1n) is 7.23. The first kappa shape index (κ1) is 18.1. The fraction of sp³-hybridized carbons (Fsp3) is 0.235. The van der Waals surface area contributed by atoms with Gasteiger partial charge in [-0.2, -0.15) is 0 Å². The third kappa shape index (κ3) is 4.39. The second-order valence-corrected chi connectivity index (χ2v) is 7.40. The van der Waals surface area contributed by atoms with Gasteiger partial charge in [-0.15, -0.1) is 0 Å². The minimum Gasteiger partial charge on any atom is -0.386 e. The van der Waals surface area contributed by atoms with Crippen LogP contribution >= 0.6 is 0 Å². The number of hydrogen-bond donors (Lipinski definition) is 2. The third-order valence-electron chi connectivity index (χ3n) is 3.55. The lowest BCUT2D eigenvalue weighted by molar-refractivity contribution is 0.0791. The Hall–Kier alpha value is -2.25. The number of benzene rings is 2. The molecule has 128 valence electrons. The molecular weight excluding hydrogens is 333 g/mol. The van der Waals surface area contributed by atoms with Crippen LogP contribution in [0.2, 0.25) is 0 Å². The lowest BCUT2D eigenvalue weighted by atomic mass is 10.0. The Labute approximate surface area is 140 Å². The largest absolute Gasteiger partial charge is 0.386 e. The lowest BCUT2D eigenvalue weighted by Gasteiger charge is -2.22. The normalized spacial score (nSPS) is 14.0. The second-order valence-electron chi connectivity index (χ2n) is 5.39. The number of nitrogens with one attached hydrogen (secondary N) is 1. The van der Waals surface area contributed by atoms with Crippen LogP contribution in [0.3, 0.4) is 0 Å². The average Bonchev–Trinajstić information content (AvgIpc) is 2.59. The first-order chi connectivity index (χ1) is 11.3. The third-order valence-corrected chi connectivity index (χ3v) is 4.68. The standard InChI is InChI=1S/C17H18FNO4S/c1-24(22,23)14-9-7-12(8-10-14)16(20)15(11-18)19-17(21)13-5-3-2-4-6-13/h2-10,15-16,20H,11H2,1H3,(H,19,21)/t15-,16+/m1/s1. The molecule has 0 saturated carbocycles. The minimum atomic E-state index is -3.35. The molecule has 0 unspecified atom stereocenters. The Bertz CT molecular complexity index is 791. The number of carbonyl (C=O) groups is 1. The van der Waals surface area contributed by atoms with E-state index in [1.807, 2.05) is 0 Å². The van der Waals surface area contributed by atoms with Crippen LogP contribution in [0.5, 0.6) is 0 Å². The fourth-order valence-corrected chi connectivity index (χ4v) is 2.82. The van der Waals surface area contributed by atoms with Crippen molar-refractivity contribution in [1.82, 2.24) is 5.32 Å². The molecule has 1 amide bonds. The Morgan fingerprint density at radius 3 is 2.21 bits per heavy atom. The number of amides is 1. The predicted octanol–water partition coefficient (Wildman–Crippen LogP) is 1.89. The van der Waals surface area contributed by atoms with Crippen LogP contribution in [0.1, 0.15) is 22.0 Å². The number of halogens is 1. The topological polar surface area (TPSA) is 83.5 Å². The number of rotatable bonds is 6.